The summed E-state index contributed by atoms with van der Waals surface area (Å²) in [5, 5.41) is 1.00. The predicted octanol–water partition coefficient (Wildman–Crippen LogP) is 6.15. The van der Waals surface area contributed by atoms with Crippen molar-refractivity contribution < 1.29 is 14.3 Å². The number of esters is 1. The Kier molecular flexibility index (Phi) is 12.5. The van der Waals surface area contributed by atoms with E-state index in [0.29, 0.717) is 12.2 Å². The zero-order valence-corrected chi connectivity index (χ0v) is 16.5. The second-order valence-electron chi connectivity index (χ2n) is 6.03. The maximum Gasteiger partial charge on any atom is 0.338 e. The fourth-order valence-electron chi connectivity index (χ4n) is 2.38. The number of carbonyl (C=O) groups excluding carboxylic acids is 1. The molecule has 0 atom stereocenters. The van der Waals surface area contributed by atoms with E-state index in [1.165, 1.54) is 32.1 Å². The van der Waals surface area contributed by atoms with Gasteiger partial charge in [0.2, 0.25) is 0 Å². The van der Waals surface area contributed by atoms with Crippen molar-refractivity contribution in [1.82, 2.24) is 0 Å². The van der Waals surface area contributed by atoms with Gasteiger partial charge < -0.3 is 9.47 Å². The Bertz CT molecular complexity index is 431. The highest BCUT2D eigenvalue weighted by molar-refractivity contribution is 9.09. The first-order chi connectivity index (χ1) is 11.8. The van der Waals surface area contributed by atoms with Crippen LogP contribution in [0, 0.1) is 0 Å². The summed E-state index contributed by atoms with van der Waals surface area (Å²) in [6, 6.07) is 7.24. The van der Waals surface area contributed by atoms with Crippen molar-refractivity contribution in [2.45, 2.75) is 64.7 Å². The molecule has 0 aromatic heterocycles. The summed E-state index contributed by atoms with van der Waals surface area (Å²) in [7, 11) is 0. The SMILES string of the molecule is CCCCCCCCOc1ccc(C(=O)OCCCCCBr)cc1. The van der Waals surface area contributed by atoms with Gasteiger partial charge in [0.15, 0.2) is 0 Å². The van der Waals surface area contributed by atoms with E-state index in [2.05, 4.69) is 22.9 Å². The molecule has 136 valence electrons. The number of rotatable bonds is 14. The second-order valence-corrected chi connectivity index (χ2v) is 6.82. The van der Waals surface area contributed by atoms with Crippen molar-refractivity contribution in [2.75, 3.05) is 18.5 Å². The lowest BCUT2D eigenvalue weighted by atomic mass is 10.1. The Balaban J connectivity index is 2.16. The Hall–Kier alpha value is -1.03. The summed E-state index contributed by atoms with van der Waals surface area (Å²) in [6.45, 7) is 3.46. The largest absolute Gasteiger partial charge is 0.494 e. The molecule has 0 N–H and O–H groups in total. The smallest absolute Gasteiger partial charge is 0.338 e. The van der Waals surface area contributed by atoms with Gasteiger partial charge in [-0.3, -0.25) is 0 Å². The fraction of sp³-hybridized carbons (Fsp3) is 0.650. The van der Waals surface area contributed by atoms with Gasteiger partial charge in [-0.15, -0.1) is 0 Å². The first-order valence-corrected chi connectivity index (χ1v) is 10.4. The summed E-state index contributed by atoms with van der Waals surface area (Å²) in [6.07, 6.45) is 10.6. The van der Waals surface area contributed by atoms with Crippen molar-refractivity contribution in [3.8, 4) is 5.75 Å². The zero-order valence-electron chi connectivity index (χ0n) is 14.9. The molecule has 0 radical (unpaired) electrons. The van der Waals surface area contributed by atoms with Crippen LogP contribution in [-0.4, -0.2) is 24.5 Å². The molecule has 24 heavy (non-hydrogen) atoms. The highest BCUT2D eigenvalue weighted by Gasteiger charge is 2.06. The molecule has 0 saturated carbocycles. The Morgan fingerprint density at radius 2 is 1.50 bits per heavy atom. The van der Waals surface area contributed by atoms with E-state index in [1.807, 2.05) is 12.1 Å². The molecule has 1 rings (SSSR count). The Morgan fingerprint density at radius 1 is 0.875 bits per heavy atom. The second kappa shape index (κ2) is 14.3. The van der Waals surface area contributed by atoms with Gasteiger partial charge in [0, 0.05) is 5.33 Å². The number of benzene rings is 1. The van der Waals surface area contributed by atoms with E-state index < -0.39 is 0 Å². The van der Waals surface area contributed by atoms with E-state index in [1.54, 1.807) is 12.1 Å². The maximum absolute atomic E-state index is 11.9. The van der Waals surface area contributed by atoms with Crippen LogP contribution in [0.4, 0.5) is 0 Å². The van der Waals surface area contributed by atoms with Crippen molar-refractivity contribution in [3.05, 3.63) is 29.8 Å². The number of ether oxygens (including phenoxy) is 2. The van der Waals surface area contributed by atoms with Gasteiger partial charge in [-0.25, -0.2) is 4.79 Å². The number of halogens is 1. The molecule has 0 heterocycles. The van der Waals surface area contributed by atoms with Crippen molar-refractivity contribution in [3.63, 3.8) is 0 Å². The van der Waals surface area contributed by atoms with Crippen molar-refractivity contribution in [1.29, 1.82) is 0 Å². The van der Waals surface area contributed by atoms with Gasteiger partial charge in [-0.2, -0.15) is 0 Å². The average Bonchev–Trinajstić information content (AvgIpc) is 2.61. The minimum atomic E-state index is -0.253. The molecule has 0 unspecified atom stereocenters. The standard InChI is InChI=1S/C20H31BrO3/c1-2-3-4-5-6-9-16-23-19-13-11-18(12-14-19)20(22)24-17-10-7-8-15-21/h11-14H,2-10,15-17H2,1H3. The molecular formula is C20H31BrO3. The monoisotopic (exact) mass is 398 g/mol. The summed E-state index contributed by atoms with van der Waals surface area (Å²) in [5.74, 6) is 0.564. The first-order valence-electron chi connectivity index (χ1n) is 9.24. The molecule has 0 aliphatic rings. The predicted molar refractivity (Wildman–Crippen MR) is 103 cm³/mol. The molecule has 0 aliphatic heterocycles. The van der Waals surface area contributed by atoms with E-state index in [0.717, 1.165) is 43.4 Å². The number of unbranched alkanes of at least 4 members (excludes halogenated alkanes) is 7. The summed E-state index contributed by atoms with van der Waals surface area (Å²) in [5.41, 5.74) is 0.586. The van der Waals surface area contributed by atoms with Gasteiger partial charge in [0.05, 0.1) is 18.8 Å². The topological polar surface area (TPSA) is 35.5 Å². The van der Waals surface area contributed by atoms with Gasteiger partial charge in [0.1, 0.15) is 5.75 Å². The van der Waals surface area contributed by atoms with Crippen molar-refractivity contribution >= 4 is 21.9 Å². The Labute approximate surface area is 155 Å². The van der Waals surface area contributed by atoms with Crippen LogP contribution >= 0.6 is 15.9 Å². The molecular weight excluding hydrogens is 368 g/mol. The van der Waals surface area contributed by atoms with Crippen LogP contribution in [0.25, 0.3) is 0 Å². The third-order valence-corrected chi connectivity index (χ3v) is 4.43. The lowest BCUT2D eigenvalue weighted by Gasteiger charge is -2.08. The van der Waals surface area contributed by atoms with E-state index >= 15 is 0 Å². The molecule has 4 heteroatoms. The molecule has 0 aliphatic carbocycles. The normalized spacial score (nSPS) is 10.6. The van der Waals surface area contributed by atoms with Crippen LogP contribution in [0.1, 0.15) is 75.1 Å². The molecule has 0 bridgehead atoms. The van der Waals surface area contributed by atoms with Crippen LogP contribution in [0.5, 0.6) is 5.75 Å². The number of alkyl halides is 1. The van der Waals surface area contributed by atoms with Crippen LogP contribution in [0.3, 0.4) is 0 Å². The summed E-state index contributed by atoms with van der Waals surface area (Å²) >= 11 is 3.39. The maximum atomic E-state index is 11.9. The van der Waals surface area contributed by atoms with Gasteiger partial charge in [-0.1, -0.05) is 55.0 Å². The van der Waals surface area contributed by atoms with E-state index in [4.69, 9.17) is 9.47 Å². The third kappa shape index (κ3) is 9.96. The van der Waals surface area contributed by atoms with Crippen LogP contribution < -0.4 is 4.74 Å². The van der Waals surface area contributed by atoms with Gasteiger partial charge in [0.25, 0.3) is 0 Å². The molecule has 1 aromatic rings. The van der Waals surface area contributed by atoms with Gasteiger partial charge in [-0.05, 0) is 49.9 Å². The van der Waals surface area contributed by atoms with Gasteiger partial charge >= 0.3 is 5.97 Å². The molecule has 3 nitrogen and oxygen atoms in total. The van der Waals surface area contributed by atoms with E-state index in [9.17, 15) is 4.79 Å². The molecule has 0 spiro atoms. The van der Waals surface area contributed by atoms with Crippen molar-refractivity contribution in [2.24, 2.45) is 0 Å². The number of hydrogen-bond acceptors (Lipinski definition) is 3. The Morgan fingerprint density at radius 3 is 2.21 bits per heavy atom. The highest BCUT2D eigenvalue weighted by atomic mass is 79.9. The molecule has 0 amide bonds. The minimum Gasteiger partial charge on any atom is -0.494 e. The lowest BCUT2D eigenvalue weighted by molar-refractivity contribution is 0.0498. The number of carbonyl (C=O) groups is 1. The van der Waals surface area contributed by atoms with Crippen LogP contribution in [-0.2, 0) is 4.74 Å². The lowest BCUT2D eigenvalue weighted by Crippen LogP contribution is -2.06. The average molecular weight is 399 g/mol. The molecule has 0 saturated heterocycles. The molecule has 1 aromatic carbocycles. The van der Waals surface area contributed by atoms with E-state index in [-0.39, 0.29) is 5.97 Å². The first kappa shape index (κ1) is 21.0. The minimum absolute atomic E-state index is 0.253. The summed E-state index contributed by atoms with van der Waals surface area (Å²) < 4.78 is 11.0. The summed E-state index contributed by atoms with van der Waals surface area (Å²) in [4.78, 5) is 11.9. The van der Waals surface area contributed by atoms with Crippen LogP contribution in [0.2, 0.25) is 0 Å². The zero-order chi connectivity index (χ0) is 17.5. The fourth-order valence-corrected chi connectivity index (χ4v) is 2.78. The van der Waals surface area contributed by atoms with Crippen LogP contribution in [0.15, 0.2) is 24.3 Å². The quantitative estimate of drug-likeness (QED) is 0.214. The highest BCUT2D eigenvalue weighted by Crippen LogP contribution is 2.14. The molecule has 0 fully saturated rings. The number of hydrogen-bond donors (Lipinski definition) is 0. The third-order valence-electron chi connectivity index (χ3n) is 3.87.